The van der Waals surface area contributed by atoms with Crippen molar-refractivity contribution in [2.45, 2.75) is 75.7 Å². The first kappa shape index (κ1) is 32.1. The average Bonchev–Trinajstić information content (AvgIpc) is 3.26. The summed E-state index contributed by atoms with van der Waals surface area (Å²) in [6.45, 7) is 4.93. The molecule has 3 unspecified atom stereocenters. The first-order valence-electron chi connectivity index (χ1n) is 13.3. The van der Waals surface area contributed by atoms with Crippen molar-refractivity contribution in [3.63, 3.8) is 0 Å². The third-order valence-electron chi connectivity index (χ3n) is 8.18. The third-order valence-corrected chi connectivity index (χ3v) is 8.42. The van der Waals surface area contributed by atoms with E-state index in [4.69, 9.17) is 16.3 Å². The van der Waals surface area contributed by atoms with Crippen LogP contribution in [0.4, 0.5) is 30.7 Å². The maximum atomic E-state index is 13.8. The van der Waals surface area contributed by atoms with Crippen molar-refractivity contribution in [2.75, 3.05) is 12.4 Å². The molecule has 42 heavy (non-hydrogen) atoms. The summed E-state index contributed by atoms with van der Waals surface area (Å²) in [7, 11) is 0. The van der Waals surface area contributed by atoms with Gasteiger partial charge < -0.3 is 15.0 Å². The van der Waals surface area contributed by atoms with Gasteiger partial charge in [0.2, 0.25) is 11.8 Å². The van der Waals surface area contributed by atoms with Gasteiger partial charge in [-0.2, -0.15) is 26.3 Å². The molecular formula is C29H30ClF7N2O3. The molecule has 230 valence electrons. The van der Waals surface area contributed by atoms with E-state index in [1.807, 2.05) is 0 Å². The van der Waals surface area contributed by atoms with Crippen molar-refractivity contribution in [1.82, 2.24) is 10.2 Å². The van der Waals surface area contributed by atoms with Gasteiger partial charge in [-0.15, -0.1) is 11.6 Å². The van der Waals surface area contributed by atoms with E-state index >= 15 is 0 Å². The Morgan fingerprint density at radius 2 is 1.62 bits per heavy atom. The number of hydrogen-bond acceptors (Lipinski definition) is 3. The Morgan fingerprint density at radius 1 is 1.05 bits per heavy atom. The Labute approximate surface area is 243 Å². The smallest absolute Gasteiger partial charge is 0.368 e. The van der Waals surface area contributed by atoms with Crippen LogP contribution in [0.15, 0.2) is 42.5 Å². The number of carbonyl (C=O) groups is 2. The van der Waals surface area contributed by atoms with Gasteiger partial charge in [-0.05, 0) is 74.6 Å². The average molecular weight is 623 g/mol. The van der Waals surface area contributed by atoms with E-state index in [0.717, 1.165) is 0 Å². The number of nitrogens with one attached hydrogen (secondary N) is 1. The maximum absolute atomic E-state index is 13.8. The van der Waals surface area contributed by atoms with Crippen LogP contribution in [0, 0.1) is 11.7 Å². The summed E-state index contributed by atoms with van der Waals surface area (Å²) in [5.41, 5.74) is -3.47. The summed E-state index contributed by atoms with van der Waals surface area (Å²) in [5, 5.41) is 2.83. The molecular weight excluding hydrogens is 593 g/mol. The number of benzene rings is 2. The lowest BCUT2D eigenvalue weighted by atomic mass is 9.74. The van der Waals surface area contributed by atoms with Crippen LogP contribution in [0.2, 0.25) is 0 Å². The number of alkyl halides is 7. The fourth-order valence-corrected chi connectivity index (χ4v) is 6.06. The lowest BCUT2D eigenvalue weighted by Gasteiger charge is -2.43. The molecule has 2 aliphatic rings. The second-order valence-electron chi connectivity index (χ2n) is 11.4. The number of fused-ring (bicyclic) bond motifs is 1. The van der Waals surface area contributed by atoms with Crippen LogP contribution in [0.1, 0.15) is 67.9 Å². The largest absolute Gasteiger partial charge is 0.416 e. The van der Waals surface area contributed by atoms with Crippen LogP contribution >= 0.6 is 11.6 Å². The number of carbonyl (C=O) groups excluding carboxylic acids is 2. The summed E-state index contributed by atoms with van der Waals surface area (Å²) >= 11 is 5.66. The van der Waals surface area contributed by atoms with E-state index < -0.39 is 64.9 Å². The van der Waals surface area contributed by atoms with Crippen molar-refractivity contribution >= 4 is 23.4 Å². The molecule has 0 aromatic heterocycles. The minimum atomic E-state index is -5.02. The molecule has 1 N–H and O–H groups in total. The summed E-state index contributed by atoms with van der Waals surface area (Å²) in [5.74, 6) is -2.33. The molecule has 2 heterocycles. The van der Waals surface area contributed by atoms with Crippen molar-refractivity contribution in [2.24, 2.45) is 5.92 Å². The zero-order chi connectivity index (χ0) is 31.2. The predicted octanol–water partition coefficient (Wildman–Crippen LogP) is 6.85. The summed E-state index contributed by atoms with van der Waals surface area (Å²) in [6, 6.07) is 6.31. The molecule has 0 radical (unpaired) electrons. The molecule has 2 aromatic carbocycles. The van der Waals surface area contributed by atoms with Crippen LogP contribution in [0.25, 0.3) is 0 Å². The molecule has 2 aromatic rings. The topological polar surface area (TPSA) is 58.6 Å². The molecule has 0 aliphatic carbocycles. The number of nitrogens with zero attached hydrogens (tertiary/aromatic N) is 1. The zero-order valence-corrected chi connectivity index (χ0v) is 23.7. The quantitative estimate of drug-likeness (QED) is 0.272. The van der Waals surface area contributed by atoms with Gasteiger partial charge in [-0.25, -0.2) is 4.39 Å². The molecule has 4 rings (SSSR count). The van der Waals surface area contributed by atoms with Crippen molar-refractivity contribution in [3.8, 4) is 0 Å². The first-order valence-corrected chi connectivity index (χ1v) is 13.8. The standard InChI is InChI=1S/C29H30ClF7N2O3/c1-15(17-8-19(28(32,33)34)10-20(9-17)29(35,36)37)42-23-14-39-22(26(23)16-4-6-21(31)7-5-16)11-18(12-25(39)41)27(2,3)38-24(40)13-30/h4-10,15,18,22-23,26H,11-14H2,1-3H3,(H,38,40)/t15-,18?,22?,23+,26?/m1/s1. The monoisotopic (exact) mass is 622 g/mol. The number of halogens is 8. The maximum Gasteiger partial charge on any atom is 0.416 e. The highest BCUT2D eigenvalue weighted by molar-refractivity contribution is 6.27. The second kappa shape index (κ2) is 11.7. The Bertz CT molecular complexity index is 1280. The predicted molar refractivity (Wildman–Crippen MR) is 140 cm³/mol. The normalized spacial score (nSPS) is 24.0. The van der Waals surface area contributed by atoms with Gasteiger partial charge in [-0.1, -0.05) is 12.1 Å². The second-order valence-corrected chi connectivity index (χ2v) is 11.7. The van der Waals surface area contributed by atoms with Crippen molar-refractivity contribution in [3.05, 3.63) is 70.5 Å². The summed E-state index contributed by atoms with van der Waals surface area (Å²) < 4.78 is 101. The Balaban J connectivity index is 1.69. The van der Waals surface area contributed by atoms with E-state index in [0.29, 0.717) is 24.1 Å². The van der Waals surface area contributed by atoms with Gasteiger partial charge in [0.15, 0.2) is 0 Å². The molecule has 5 atom stereocenters. The highest BCUT2D eigenvalue weighted by Crippen LogP contribution is 2.46. The van der Waals surface area contributed by atoms with Gasteiger partial charge in [0, 0.05) is 30.5 Å². The molecule has 0 saturated carbocycles. The number of hydrogen-bond donors (Lipinski definition) is 1. The first-order chi connectivity index (χ1) is 19.4. The minimum Gasteiger partial charge on any atom is -0.368 e. The Morgan fingerprint density at radius 3 is 2.14 bits per heavy atom. The van der Waals surface area contributed by atoms with Gasteiger partial charge in [0.05, 0.1) is 23.3 Å². The SMILES string of the molecule is C[C@@H](O[C@H]1CN2C(=O)CC(C(C)(C)NC(=O)CCl)CC2C1c1ccc(F)cc1)c1cc(C(F)(F)F)cc(C(F)(F)F)c1. The van der Waals surface area contributed by atoms with E-state index in [9.17, 15) is 40.3 Å². The molecule has 13 heteroatoms. The van der Waals surface area contributed by atoms with Gasteiger partial charge >= 0.3 is 12.4 Å². The summed E-state index contributed by atoms with van der Waals surface area (Å²) in [4.78, 5) is 27.0. The Hall–Kier alpha value is -2.86. The zero-order valence-electron chi connectivity index (χ0n) is 23.0. The number of ether oxygens (including phenoxy) is 1. The molecule has 2 aliphatic heterocycles. The van der Waals surface area contributed by atoms with Crippen molar-refractivity contribution < 1.29 is 45.1 Å². The molecule has 0 bridgehead atoms. The molecule has 2 amide bonds. The fourth-order valence-electron chi connectivity index (χ4n) is 6.00. The molecule has 2 saturated heterocycles. The highest BCUT2D eigenvalue weighted by atomic mass is 35.5. The lowest BCUT2D eigenvalue weighted by molar-refractivity contribution is -0.143. The van der Waals surface area contributed by atoms with Crippen LogP contribution in [0.3, 0.4) is 0 Å². The minimum absolute atomic E-state index is 0.0299. The number of piperidine rings is 1. The summed E-state index contributed by atoms with van der Waals surface area (Å²) in [6.07, 6.45) is -11.6. The van der Waals surface area contributed by atoms with E-state index in [-0.39, 0.29) is 42.3 Å². The van der Waals surface area contributed by atoms with Gasteiger partial charge in [0.25, 0.3) is 0 Å². The van der Waals surface area contributed by atoms with Crippen LogP contribution in [-0.2, 0) is 26.7 Å². The van der Waals surface area contributed by atoms with Crippen LogP contribution < -0.4 is 5.32 Å². The lowest BCUT2D eigenvalue weighted by Crippen LogP contribution is -2.55. The van der Waals surface area contributed by atoms with E-state index in [1.165, 1.54) is 31.2 Å². The van der Waals surface area contributed by atoms with Crippen LogP contribution in [0.5, 0.6) is 0 Å². The van der Waals surface area contributed by atoms with Gasteiger partial charge in [-0.3, -0.25) is 9.59 Å². The van der Waals surface area contributed by atoms with E-state index in [1.54, 1.807) is 18.7 Å². The molecule has 2 fully saturated rings. The highest BCUT2D eigenvalue weighted by Gasteiger charge is 2.52. The molecule has 0 spiro atoms. The fraction of sp³-hybridized carbons (Fsp3) is 0.517. The van der Waals surface area contributed by atoms with E-state index in [2.05, 4.69) is 5.32 Å². The number of rotatable bonds is 7. The van der Waals surface area contributed by atoms with Crippen LogP contribution in [-0.4, -0.2) is 46.8 Å². The number of amides is 2. The van der Waals surface area contributed by atoms with Crippen molar-refractivity contribution in [1.29, 1.82) is 0 Å². The van der Waals surface area contributed by atoms with Gasteiger partial charge in [0.1, 0.15) is 11.7 Å². The Kier molecular flexibility index (Phi) is 8.91. The molecule has 5 nitrogen and oxygen atoms in total. The third kappa shape index (κ3) is 6.85.